The highest BCUT2D eigenvalue weighted by atomic mass is 16.5. The van der Waals surface area contributed by atoms with Crippen molar-refractivity contribution in [3.8, 4) is 5.75 Å². The first-order valence-corrected chi connectivity index (χ1v) is 7.95. The zero-order valence-electron chi connectivity index (χ0n) is 14.7. The Hall–Kier alpha value is -3.02. The number of benzene rings is 2. The van der Waals surface area contributed by atoms with Crippen molar-refractivity contribution in [2.75, 3.05) is 38.0 Å². The van der Waals surface area contributed by atoms with Gasteiger partial charge < -0.3 is 20.3 Å². The third-order valence-electron chi connectivity index (χ3n) is 3.61. The average molecular weight is 341 g/mol. The Morgan fingerprint density at radius 1 is 1.04 bits per heavy atom. The van der Waals surface area contributed by atoms with Crippen molar-refractivity contribution in [3.63, 3.8) is 0 Å². The molecule has 0 radical (unpaired) electrons. The summed E-state index contributed by atoms with van der Waals surface area (Å²) in [6.45, 7) is -0.0712. The zero-order valence-corrected chi connectivity index (χ0v) is 14.7. The van der Waals surface area contributed by atoms with Crippen molar-refractivity contribution in [1.82, 2.24) is 5.32 Å². The fourth-order valence-electron chi connectivity index (χ4n) is 2.26. The molecule has 0 atom stereocenters. The Balaban J connectivity index is 1.79. The number of carbonyl (C=O) groups is 2. The quantitative estimate of drug-likeness (QED) is 0.809. The summed E-state index contributed by atoms with van der Waals surface area (Å²) < 4.78 is 5.13. The maximum absolute atomic E-state index is 12.0. The standard InChI is InChI=1S/C19H23N3O3/c1-22(2)16-9-7-15(8-10-16)21-19(24)13-20-18(23)12-14-5-4-6-17(11-14)25-3/h4-11H,12-13H2,1-3H3,(H,20,23)(H,21,24). The molecule has 0 aromatic heterocycles. The molecule has 0 spiro atoms. The van der Waals surface area contributed by atoms with E-state index in [0.717, 1.165) is 11.3 Å². The molecule has 0 aliphatic rings. The highest BCUT2D eigenvalue weighted by Crippen LogP contribution is 2.15. The van der Waals surface area contributed by atoms with E-state index in [-0.39, 0.29) is 24.8 Å². The summed E-state index contributed by atoms with van der Waals surface area (Å²) in [5.41, 5.74) is 2.57. The Labute approximate surface area is 147 Å². The number of methoxy groups -OCH3 is 1. The first-order chi connectivity index (χ1) is 12.0. The molecule has 0 saturated carbocycles. The zero-order chi connectivity index (χ0) is 18.2. The van der Waals surface area contributed by atoms with Gasteiger partial charge in [-0.05, 0) is 42.0 Å². The molecule has 0 unspecified atom stereocenters. The Bertz CT molecular complexity index is 727. The first kappa shape index (κ1) is 18.3. The van der Waals surface area contributed by atoms with E-state index in [1.165, 1.54) is 0 Å². The smallest absolute Gasteiger partial charge is 0.243 e. The predicted molar refractivity (Wildman–Crippen MR) is 99.1 cm³/mol. The minimum Gasteiger partial charge on any atom is -0.497 e. The summed E-state index contributed by atoms with van der Waals surface area (Å²) in [5.74, 6) is 0.215. The van der Waals surface area contributed by atoms with Gasteiger partial charge in [-0.15, -0.1) is 0 Å². The maximum Gasteiger partial charge on any atom is 0.243 e. The highest BCUT2D eigenvalue weighted by Gasteiger charge is 2.08. The van der Waals surface area contributed by atoms with Crippen LogP contribution < -0.4 is 20.3 Å². The molecular formula is C19H23N3O3. The van der Waals surface area contributed by atoms with E-state index >= 15 is 0 Å². The van der Waals surface area contributed by atoms with Crippen LogP contribution in [0.5, 0.6) is 5.75 Å². The number of carbonyl (C=O) groups excluding carboxylic acids is 2. The van der Waals surface area contributed by atoms with Gasteiger partial charge in [0, 0.05) is 25.5 Å². The number of hydrogen-bond donors (Lipinski definition) is 2. The number of ether oxygens (including phenoxy) is 1. The molecule has 0 bridgehead atoms. The fourth-order valence-corrected chi connectivity index (χ4v) is 2.26. The monoisotopic (exact) mass is 341 g/mol. The fraction of sp³-hybridized carbons (Fsp3) is 0.263. The Morgan fingerprint density at radius 3 is 2.40 bits per heavy atom. The van der Waals surface area contributed by atoms with E-state index in [0.29, 0.717) is 11.4 Å². The highest BCUT2D eigenvalue weighted by molar-refractivity contribution is 5.94. The molecule has 0 saturated heterocycles. The number of amides is 2. The first-order valence-electron chi connectivity index (χ1n) is 7.95. The molecule has 6 nitrogen and oxygen atoms in total. The second kappa shape index (κ2) is 8.73. The largest absolute Gasteiger partial charge is 0.497 e. The number of anilines is 2. The van der Waals surface area contributed by atoms with Crippen LogP contribution in [0.1, 0.15) is 5.56 Å². The molecule has 132 valence electrons. The van der Waals surface area contributed by atoms with Gasteiger partial charge in [0.1, 0.15) is 5.75 Å². The van der Waals surface area contributed by atoms with Crippen LogP contribution in [0.25, 0.3) is 0 Å². The molecule has 0 fully saturated rings. The number of nitrogens with zero attached hydrogens (tertiary/aromatic N) is 1. The number of rotatable bonds is 7. The van der Waals surface area contributed by atoms with Crippen molar-refractivity contribution >= 4 is 23.2 Å². The molecule has 25 heavy (non-hydrogen) atoms. The van der Waals surface area contributed by atoms with Crippen LogP contribution in [0.3, 0.4) is 0 Å². The van der Waals surface area contributed by atoms with Crippen molar-refractivity contribution < 1.29 is 14.3 Å². The molecule has 0 heterocycles. The van der Waals surface area contributed by atoms with E-state index in [2.05, 4.69) is 10.6 Å². The molecule has 2 amide bonds. The van der Waals surface area contributed by atoms with Crippen LogP contribution >= 0.6 is 0 Å². The van der Waals surface area contributed by atoms with E-state index in [4.69, 9.17) is 4.74 Å². The lowest BCUT2D eigenvalue weighted by Crippen LogP contribution is -2.33. The van der Waals surface area contributed by atoms with Crippen LogP contribution in [0.2, 0.25) is 0 Å². The number of nitrogens with one attached hydrogen (secondary N) is 2. The summed E-state index contributed by atoms with van der Waals surface area (Å²) in [5, 5.41) is 5.37. The van der Waals surface area contributed by atoms with Crippen LogP contribution in [0.15, 0.2) is 48.5 Å². The summed E-state index contributed by atoms with van der Waals surface area (Å²) >= 11 is 0. The number of hydrogen-bond acceptors (Lipinski definition) is 4. The van der Waals surface area contributed by atoms with Gasteiger partial charge in [-0.1, -0.05) is 12.1 Å². The summed E-state index contributed by atoms with van der Waals surface area (Å²) in [6, 6.07) is 14.8. The predicted octanol–water partition coefficient (Wildman–Crippen LogP) is 2.06. The van der Waals surface area contributed by atoms with Gasteiger partial charge in [0.15, 0.2) is 0 Å². The van der Waals surface area contributed by atoms with Gasteiger partial charge in [0.2, 0.25) is 11.8 Å². The van der Waals surface area contributed by atoms with Crippen molar-refractivity contribution in [2.24, 2.45) is 0 Å². The lowest BCUT2D eigenvalue weighted by Gasteiger charge is -2.13. The average Bonchev–Trinajstić information content (AvgIpc) is 2.60. The summed E-state index contributed by atoms with van der Waals surface area (Å²) in [4.78, 5) is 25.9. The van der Waals surface area contributed by atoms with E-state index in [1.54, 1.807) is 13.2 Å². The van der Waals surface area contributed by atoms with E-state index in [9.17, 15) is 9.59 Å². The Kier molecular flexibility index (Phi) is 6.39. The van der Waals surface area contributed by atoms with Gasteiger partial charge in [0.25, 0.3) is 0 Å². The summed E-state index contributed by atoms with van der Waals surface area (Å²) in [6.07, 6.45) is 0.196. The summed E-state index contributed by atoms with van der Waals surface area (Å²) in [7, 11) is 5.48. The van der Waals surface area contributed by atoms with Crippen molar-refractivity contribution in [1.29, 1.82) is 0 Å². The lowest BCUT2D eigenvalue weighted by atomic mass is 10.1. The van der Waals surface area contributed by atoms with Crippen LogP contribution in [0, 0.1) is 0 Å². The molecule has 2 aromatic carbocycles. The minimum atomic E-state index is -0.267. The van der Waals surface area contributed by atoms with Crippen molar-refractivity contribution in [3.05, 3.63) is 54.1 Å². The molecule has 2 rings (SSSR count). The Morgan fingerprint density at radius 2 is 1.76 bits per heavy atom. The molecule has 2 N–H and O–H groups in total. The van der Waals surface area contributed by atoms with Gasteiger partial charge in [0.05, 0.1) is 20.1 Å². The van der Waals surface area contributed by atoms with E-state index in [1.807, 2.05) is 61.5 Å². The molecule has 0 aliphatic heterocycles. The topological polar surface area (TPSA) is 70.7 Å². The third kappa shape index (κ3) is 5.84. The van der Waals surface area contributed by atoms with Crippen molar-refractivity contribution in [2.45, 2.75) is 6.42 Å². The second-order valence-electron chi connectivity index (χ2n) is 5.79. The van der Waals surface area contributed by atoms with Gasteiger partial charge in [-0.2, -0.15) is 0 Å². The molecular weight excluding hydrogens is 318 g/mol. The van der Waals surface area contributed by atoms with Crippen LogP contribution in [0.4, 0.5) is 11.4 Å². The van der Waals surface area contributed by atoms with Gasteiger partial charge in [-0.3, -0.25) is 9.59 Å². The van der Waals surface area contributed by atoms with E-state index < -0.39 is 0 Å². The second-order valence-corrected chi connectivity index (χ2v) is 5.79. The van der Waals surface area contributed by atoms with Crippen LogP contribution in [-0.4, -0.2) is 39.6 Å². The maximum atomic E-state index is 12.0. The molecule has 0 aliphatic carbocycles. The molecule has 2 aromatic rings. The SMILES string of the molecule is COc1cccc(CC(=O)NCC(=O)Nc2ccc(N(C)C)cc2)c1. The van der Waals surface area contributed by atoms with Gasteiger partial charge >= 0.3 is 0 Å². The normalized spacial score (nSPS) is 10.0. The minimum absolute atomic E-state index is 0.0712. The van der Waals surface area contributed by atoms with Gasteiger partial charge in [-0.25, -0.2) is 0 Å². The molecule has 6 heteroatoms. The van der Waals surface area contributed by atoms with Crippen LogP contribution in [-0.2, 0) is 16.0 Å². The third-order valence-corrected chi connectivity index (χ3v) is 3.61. The lowest BCUT2D eigenvalue weighted by molar-refractivity contribution is -0.123.